The summed E-state index contributed by atoms with van der Waals surface area (Å²) in [7, 11) is 0. The molecule has 0 unspecified atom stereocenters. The Morgan fingerprint density at radius 3 is 2.58 bits per heavy atom. The number of aliphatic imine (C=N–C) groups is 1. The summed E-state index contributed by atoms with van der Waals surface area (Å²) in [5.74, 6) is 1.09. The van der Waals surface area contributed by atoms with Crippen molar-refractivity contribution in [2.24, 2.45) is 10.7 Å². The summed E-state index contributed by atoms with van der Waals surface area (Å²) in [6.45, 7) is 8.19. The molecule has 0 aliphatic rings. The number of unbranched alkanes of at least 4 members (excludes halogenated alkanes) is 1. The van der Waals surface area contributed by atoms with Gasteiger partial charge in [-0.3, -0.25) is 4.99 Å². The van der Waals surface area contributed by atoms with E-state index in [1.807, 2.05) is 26.0 Å². The maximum Gasteiger partial charge on any atom is 0.111 e. The molecular formula is C15H24N3Y-. The number of nitrogens with zero attached hydrogens (tertiary/aromatic N) is 2. The fraction of sp³-hybridized carbons (Fsp3) is 0.467. The molecule has 0 aliphatic carbocycles. The number of hydrogen-bond donors (Lipinski definition) is 1. The Bertz CT molecular complexity index is 369. The van der Waals surface area contributed by atoms with Gasteiger partial charge in [0.25, 0.3) is 0 Å². The summed E-state index contributed by atoms with van der Waals surface area (Å²) < 4.78 is 0. The third kappa shape index (κ3) is 9.97. The van der Waals surface area contributed by atoms with Crippen LogP contribution in [0.2, 0.25) is 0 Å². The van der Waals surface area contributed by atoms with Crippen molar-refractivity contribution in [3.05, 3.63) is 36.0 Å². The first-order chi connectivity index (χ1) is 8.76. The molecule has 1 aromatic rings. The molecule has 1 rings (SSSR count). The second kappa shape index (κ2) is 13.9. The van der Waals surface area contributed by atoms with E-state index in [0.717, 1.165) is 24.8 Å². The van der Waals surface area contributed by atoms with Gasteiger partial charge in [0.15, 0.2) is 0 Å². The number of allylic oxidation sites excluding steroid dienone is 1. The number of amidine groups is 1. The minimum absolute atomic E-state index is 0. The monoisotopic (exact) mass is 335 g/mol. The molecule has 1 heterocycles. The van der Waals surface area contributed by atoms with Gasteiger partial charge < -0.3 is 10.7 Å². The molecule has 0 bridgehead atoms. The first-order valence-electron chi connectivity index (χ1n) is 6.63. The molecule has 1 aromatic heterocycles. The summed E-state index contributed by atoms with van der Waals surface area (Å²) in [5, 5.41) is 0. The van der Waals surface area contributed by atoms with Gasteiger partial charge in [-0.1, -0.05) is 52.8 Å². The van der Waals surface area contributed by atoms with Crippen molar-refractivity contribution in [3.8, 4) is 0 Å². The number of nitrogens with two attached hydrogens (primary N) is 1. The van der Waals surface area contributed by atoms with Crippen molar-refractivity contribution < 1.29 is 32.7 Å². The van der Waals surface area contributed by atoms with Crippen molar-refractivity contribution in [1.82, 2.24) is 4.98 Å². The number of pyridine rings is 1. The zero-order valence-electron chi connectivity index (χ0n) is 12.5. The fourth-order valence-electron chi connectivity index (χ4n) is 1.17. The minimum Gasteiger partial charge on any atom is -0.385 e. The van der Waals surface area contributed by atoms with Gasteiger partial charge in [-0.15, -0.1) is 11.6 Å². The number of rotatable bonds is 5. The topological polar surface area (TPSA) is 51.3 Å². The van der Waals surface area contributed by atoms with Crippen LogP contribution in [0.5, 0.6) is 0 Å². The second-order valence-electron chi connectivity index (χ2n) is 3.51. The molecule has 1 radical (unpaired) electrons. The Morgan fingerprint density at radius 2 is 2.11 bits per heavy atom. The predicted octanol–water partition coefficient (Wildman–Crippen LogP) is 3.81. The van der Waals surface area contributed by atoms with Crippen LogP contribution in [-0.2, 0) is 39.1 Å². The van der Waals surface area contributed by atoms with Gasteiger partial charge in [0.05, 0.1) is 0 Å². The molecule has 0 aliphatic heterocycles. The van der Waals surface area contributed by atoms with Crippen LogP contribution < -0.4 is 5.73 Å². The van der Waals surface area contributed by atoms with E-state index in [2.05, 4.69) is 29.9 Å². The van der Waals surface area contributed by atoms with E-state index >= 15 is 0 Å². The average molecular weight is 335 g/mol. The van der Waals surface area contributed by atoms with Crippen molar-refractivity contribution >= 4 is 11.7 Å². The molecular weight excluding hydrogens is 311 g/mol. The second-order valence-corrected chi connectivity index (χ2v) is 3.51. The molecule has 103 valence electrons. The van der Waals surface area contributed by atoms with E-state index in [9.17, 15) is 0 Å². The fourth-order valence-corrected chi connectivity index (χ4v) is 1.17. The van der Waals surface area contributed by atoms with Gasteiger partial charge in [0.1, 0.15) is 5.84 Å². The van der Waals surface area contributed by atoms with Crippen LogP contribution in [0, 0.1) is 6.07 Å². The third-order valence-electron chi connectivity index (χ3n) is 2.11. The quantitative estimate of drug-likeness (QED) is 0.505. The number of aryl methyl sites for hydroxylation is 1. The molecule has 3 nitrogen and oxygen atoms in total. The Kier molecular flexibility index (Phi) is 15.2. The van der Waals surface area contributed by atoms with Gasteiger partial charge in [0, 0.05) is 38.5 Å². The van der Waals surface area contributed by atoms with Crippen molar-refractivity contribution in [1.29, 1.82) is 0 Å². The summed E-state index contributed by atoms with van der Waals surface area (Å²) in [4.78, 5) is 8.36. The smallest absolute Gasteiger partial charge is 0.111 e. The maximum absolute atomic E-state index is 5.73. The zero-order chi connectivity index (χ0) is 13.8. The van der Waals surface area contributed by atoms with E-state index < -0.39 is 0 Å². The largest absolute Gasteiger partial charge is 0.385 e. The molecule has 0 amide bonds. The van der Waals surface area contributed by atoms with E-state index in [1.165, 1.54) is 0 Å². The summed E-state index contributed by atoms with van der Waals surface area (Å²) in [5.41, 5.74) is 6.81. The molecule has 4 heteroatoms. The Morgan fingerprint density at radius 1 is 1.42 bits per heavy atom. The Balaban J connectivity index is 0. The molecule has 0 saturated heterocycles. The first kappa shape index (κ1) is 20.8. The van der Waals surface area contributed by atoms with Gasteiger partial charge in [-0.05, 0) is 12.5 Å². The average Bonchev–Trinajstić information content (AvgIpc) is 2.42. The van der Waals surface area contributed by atoms with Crippen LogP contribution in [0.25, 0.3) is 0 Å². The molecule has 2 N–H and O–H groups in total. The van der Waals surface area contributed by atoms with Crippen molar-refractivity contribution in [2.75, 3.05) is 0 Å². The van der Waals surface area contributed by atoms with Crippen LogP contribution in [0.1, 0.15) is 46.1 Å². The summed E-state index contributed by atoms with van der Waals surface area (Å²) in [6, 6.07) is 4.87. The van der Waals surface area contributed by atoms with Crippen LogP contribution in [0.4, 0.5) is 5.82 Å². The summed E-state index contributed by atoms with van der Waals surface area (Å²) >= 11 is 0. The minimum atomic E-state index is 0. The molecule has 19 heavy (non-hydrogen) atoms. The van der Waals surface area contributed by atoms with E-state index in [-0.39, 0.29) is 32.7 Å². The predicted molar refractivity (Wildman–Crippen MR) is 79.1 cm³/mol. The first-order valence-corrected chi connectivity index (χ1v) is 6.63. The zero-order valence-corrected chi connectivity index (χ0v) is 15.3. The van der Waals surface area contributed by atoms with E-state index in [0.29, 0.717) is 11.7 Å². The molecule has 0 aromatic carbocycles. The van der Waals surface area contributed by atoms with Gasteiger partial charge in [0.2, 0.25) is 0 Å². The maximum atomic E-state index is 5.73. The molecule has 0 saturated carbocycles. The van der Waals surface area contributed by atoms with Crippen LogP contribution >= 0.6 is 0 Å². The van der Waals surface area contributed by atoms with Crippen molar-refractivity contribution in [2.45, 2.75) is 47.0 Å². The third-order valence-corrected chi connectivity index (χ3v) is 2.11. The number of aromatic nitrogens is 1. The van der Waals surface area contributed by atoms with Crippen LogP contribution in [0.15, 0.2) is 29.4 Å². The normalized spacial score (nSPS) is 10.6. The summed E-state index contributed by atoms with van der Waals surface area (Å²) in [6.07, 6.45) is 8.68. The van der Waals surface area contributed by atoms with Crippen LogP contribution in [0.3, 0.4) is 0 Å². The number of hydrogen-bond acceptors (Lipinski definition) is 2. The SMILES string of the molecule is CC.CCC/C=C\C(N)=Nc1c[c-]c(CC)cn1.[Y]. The standard InChI is InChI=1S/C13H18N3.C2H6.Y/c1-3-5-6-7-12(14)16-13-9-8-11(4-2)10-15-13;1-2;/h6-7,9-10H,3-5H2,1-2H3,(H2,14,15,16);1-2H3;/q-1;;/b7-6-;;. The van der Waals surface area contributed by atoms with Gasteiger partial charge in [-0.25, -0.2) is 0 Å². The van der Waals surface area contributed by atoms with Gasteiger partial charge >= 0.3 is 0 Å². The van der Waals surface area contributed by atoms with E-state index in [4.69, 9.17) is 5.73 Å². The Hall–Kier alpha value is -0.536. The van der Waals surface area contributed by atoms with E-state index in [1.54, 1.807) is 12.3 Å². The van der Waals surface area contributed by atoms with Gasteiger partial charge in [-0.2, -0.15) is 6.07 Å². The molecule has 0 atom stereocenters. The van der Waals surface area contributed by atoms with Crippen molar-refractivity contribution in [3.63, 3.8) is 0 Å². The molecule has 0 fully saturated rings. The Labute approximate surface area is 142 Å². The molecule has 0 spiro atoms. The van der Waals surface area contributed by atoms with Crippen LogP contribution in [-0.4, -0.2) is 10.8 Å².